The van der Waals surface area contributed by atoms with Gasteiger partial charge in [0, 0.05) is 29.9 Å². The summed E-state index contributed by atoms with van der Waals surface area (Å²) in [5.74, 6) is -6.55. The molecular weight excluding hydrogens is 512 g/mol. The Hall–Kier alpha value is -3.22. The Morgan fingerprint density at radius 3 is 2.42 bits per heavy atom. The first-order chi connectivity index (χ1) is 16.8. The number of anilines is 1. The van der Waals surface area contributed by atoms with Crippen molar-refractivity contribution in [3.63, 3.8) is 0 Å². The zero-order chi connectivity index (χ0) is 26.6. The van der Waals surface area contributed by atoms with E-state index in [4.69, 9.17) is 11.6 Å². The predicted octanol–water partition coefficient (Wildman–Crippen LogP) is 2.23. The molecule has 3 rings (SSSR count). The van der Waals surface area contributed by atoms with Gasteiger partial charge >= 0.3 is 6.18 Å². The molecule has 2 fully saturated rings. The largest absolute Gasteiger partial charge is 0.389 e. The van der Waals surface area contributed by atoms with Gasteiger partial charge in [-0.3, -0.25) is 24.0 Å². The lowest BCUT2D eigenvalue weighted by Crippen LogP contribution is -2.49. The van der Waals surface area contributed by atoms with Crippen LogP contribution >= 0.6 is 11.6 Å². The summed E-state index contributed by atoms with van der Waals surface area (Å²) in [7, 11) is 0. The lowest BCUT2D eigenvalue weighted by molar-refractivity contribution is -0.142. The zero-order valence-corrected chi connectivity index (χ0v) is 19.5. The van der Waals surface area contributed by atoms with Crippen molar-refractivity contribution in [1.29, 1.82) is 0 Å². The number of nitrogens with one attached hydrogen (secondary N) is 4. The van der Waals surface area contributed by atoms with Crippen LogP contribution in [0, 0.1) is 11.7 Å². The smallest absolute Gasteiger partial charge is 0.356 e. The summed E-state index contributed by atoms with van der Waals surface area (Å²) in [4.78, 5) is 62.2. The van der Waals surface area contributed by atoms with Crippen LogP contribution in [0.25, 0.3) is 0 Å². The topological polar surface area (TPSA) is 133 Å². The highest BCUT2D eigenvalue weighted by Gasteiger charge is 2.36. The monoisotopic (exact) mass is 534 g/mol. The maximum absolute atomic E-state index is 14.6. The van der Waals surface area contributed by atoms with Crippen LogP contribution in [-0.4, -0.2) is 54.2 Å². The quantitative estimate of drug-likeness (QED) is 0.270. The molecule has 1 saturated carbocycles. The summed E-state index contributed by atoms with van der Waals surface area (Å²) in [6.07, 6.45) is -5.59. The molecule has 1 saturated heterocycles. The second-order valence-electron chi connectivity index (χ2n) is 8.62. The van der Waals surface area contributed by atoms with E-state index in [0.29, 0.717) is 25.8 Å². The van der Waals surface area contributed by atoms with E-state index in [2.05, 4.69) is 16.0 Å². The lowest BCUT2D eigenvalue weighted by atomic mass is 9.95. The van der Waals surface area contributed by atoms with Crippen molar-refractivity contribution in [3.05, 3.63) is 28.5 Å². The molecule has 36 heavy (non-hydrogen) atoms. The van der Waals surface area contributed by atoms with Gasteiger partial charge in [0.1, 0.15) is 5.82 Å². The number of benzene rings is 1. The summed E-state index contributed by atoms with van der Waals surface area (Å²) in [5, 5.41) is 9.04. The molecule has 9 nitrogen and oxygen atoms in total. The van der Waals surface area contributed by atoms with E-state index in [9.17, 15) is 41.5 Å². The first-order valence-corrected chi connectivity index (χ1v) is 11.5. The molecule has 1 aromatic rings. The first-order valence-electron chi connectivity index (χ1n) is 11.1. The van der Waals surface area contributed by atoms with Crippen molar-refractivity contribution >= 4 is 46.7 Å². The second-order valence-corrected chi connectivity index (χ2v) is 9.06. The summed E-state index contributed by atoms with van der Waals surface area (Å²) >= 11 is 5.83. The highest BCUT2D eigenvalue weighted by Crippen LogP contribution is 2.27. The minimum atomic E-state index is -4.63. The van der Waals surface area contributed by atoms with Gasteiger partial charge in [0.25, 0.3) is 11.8 Å². The maximum Gasteiger partial charge on any atom is 0.389 e. The van der Waals surface area contributed by atoms with Crippen LogP contribution < -0.4 is 21.3 Å². The second kappa shape index (κ2) is 11.2. The number of alkyl halides is 3. The van der Waals surface area contributed by atoms with E-state index in [1.54, 1.807) is 0 Å². The normalized spacial score (nSPS) is 18.2. The summed E-state index contributed by atoms with van der Waals surface area (Å²) < 4.78 is 51.9. The van der Waals surface area contributed by atoms with Gasteiger partial charge in [0.2, 0.25) is 17.6 Å². The molecule has 4 amide bonds. The summed E-state index contributed by atoms with van der Waals surface area (Å²) in [6, 6.07) is 0.0636. The van der Waals surface area contributed by atoms with Gasteiger partial charge in [-0.15, -0.1) is 0 Å². The van der Waals surface area contributed by atoms with Gasteiger partial charge in [-0.05, 0) is 37.8 Å². The molecule has 1 heterocycles. The van der Waals surface area contributed by atoms with Crippen LogP contribution in [0.4, 0.5) is 23.2 Å². The fraction of sp³-hybridized carbons (Fsp3) is 0.500. The Balaban J connectivity index is 1.81. The molecule has 0 aromatic heterocycles. The van der Waals surface area contributed by atoms with Crippen molar-refractivity contribution in [2.45, 2.75) is 56.8 Å². The molecule has 14 heteroatoms. The van der Waals surface area contributed by atoms with E-state index in [-0.39, 0.29) is 23.4 Å². The van der Waals surface area contributed by atoms with Crippen LogP contribution in [0.5, 0.6) is 0 Å². The third kappa shape index (κ3) is 7.64. The highest BCUT2D eigenvalue weighted by atomic mass is 35.5. The minimum Gasteiger partial charge on any atom is -0.356 e. The molecule has 1 aromatic carbocycles. The number of rotatable bonds is 10. The molecule has 0 bridgehead atoms. The van der Waals surface area contributed by atoms with Crippen LogP contribution in [0.1, 0.15) is 48.9 Å². The van der Waals surface area contributed by atoms with Crippen molar-refractivity contribution in [2.75, 3.05) is 11.9 Å². The molecule has 196 valence electrons. The van der Waals surface area contributed by atoms with Gasteiger partial charge in [0.15, 0.2) is 0 Å². The third-order valence-electron chi connectivity index (χ3n) is 5.64. The van der Waals surface area contributed by atoms with Gasteiger partial charge in [-0.2, -0.15) is 13.2 Å². The van der Waals surface area contributed by atoms with E-state index < -0.39 is 71.6 Å². The molecule has 2 atom stereocenters. The average molecular weight is 535 g/mol. The molecule has 1 aliphatic carbocycles. The van der Waals surface area contributed by atoms with Crippen LogP contribution in [0.15, 0.2) is 12.1 Å². The zero-order valence-electron chi connectivity index (χ0n) is 18.8. The lowest BCUT2D eigenvalue weighted by Gasteiger charge is -2.21. The molecule has 2 aliphatic rings. The van der Waals surface area contributed by atoms with E-state index in [1.807, 2.05) is 5.32 Å². The van der Waals surface area contributed by atoms with E-state index in [1.165, 1.54) is 0 Å². The number of carbonyl (C=O) groups excluding carboxylic acids is 5. The number of Topliss-reactive ketones (excluding diaryl/α,β-unsaturated/α-hetero) is 1. The fourth-order valence-corrected chi connectivity index (χ4v) is 3.81. The Morgan fingerprint density at radius 2 is 1.83 bits per heavy atom. The number of halogens is 5. The predicted molar refractivity (Wildman–Crippen MR) is 118 cm³/mol. The molecule has 1 aliphatic heterocycles. The number of amides is 4. The third-order valence-corrected chi connectivity index (χ3v) is 5.86. The van der Waals surface area contributed by atoms with Gasteiger partial charge in [0.05, 0.1) is 23.7 Å². The van der Waals surface area contributed by atoms with Crippen molar-refractivity contribution in [1.82, 2.24) is 16.0 Å². The Bertz CT molecular complexity index is 1080. The standard InChI is InChI=1S/C22H23ClF4N4O5/c23-11-8-13(17(14(24)9-11)31-16(32)3-5-22(25,26)27)20(35)30-15(7-10-4-6-28-19(10)34)18(33)21(36)29-12-1-2-12/h8-10,12,15H,1-7H2,(H,28,34)(H,29,36)(H,30,35)(H,31,32). The fourth-order valence-electron chi connectivity index (χ4n) is 3.60. The van der Waals surface area contributed by atoms with Crippen molar-refractivity contribution in [2.24, 2.45) is 5.92 Å². The van der Waals surface area contributed by atoms with Crippen LogP contribution in [0.3, 0.4) is 0 Å². The van der Waals surface area contributed by atoms with E-state index in [0.717, 1.165) is 12.1 Å². The highest BCUT2D eigenvalue weighted by molar-refractivity contribution is 6.38. The summed E-state index contributed by atoms with van der Waals surface area (Å²) in [5.41, 5.74) is -1.31. The maximum atomic E-state index is 14.6. The number of hydrogen-bond donors (Lipinski definition) is 4. The van der Waals surface area contributed by atoms with Crippen molar-refractivity contribution < 1.29 is 41.5 Å². The minimum absolute atomic E-state index is 0.159. The Kier molecular flexibility index (Phi) is 8.54. The summed E-state index contributed by atoms with van der Waals surface area (Å²) in [6.45, 7) is 0.347. The van der Waals surface area contributed by atoms with Crippen LogP contribution in [-0.2, 0) is 19.2 Å². The van der Waals surface area contributed by atoms with Gasteiger partial charge in [-0.1, -0.05) is 11.6 Å². The molecule has 4 N–H and O–H groups in total. The Labute approximate surface area is 207 Å². The first kappa shape index (κ1) is 27.4. The van der Waals surface area contributed by atoms with E-state index >= 15 is 0 Å². The molecular formula is C22H23ClF4N4O5. The Morgan fingerprint density at radius 1 is 1.14 bits per heavy atom. The SMILES string of the molecule is O=C(CCC(F)(F)F)Nc1c(F)cc(Cl)cc1C(=O)NC(CC1CCNC1=O)C(=O)C(=O)NC1CC1. The average Bonchev–Trinajstić information content (AvgIpc) is 3.51. The molecule has 0 radical (unpaired) electrons. The van der Waals surface area contributed by atoms with Gasteiger partial charge in [-0.25, -0.2) is 4.39 Å². The van der Waals surface area contributed by atoms with Crippen molar-refractivity contribution in [3.8, 4) is 0 Å². The van der Waals surface area contributed by atoms with Crippen LogP contribution in [0.2, 0.25) is 5.02 Å². The molecule has 0 spiro atoms. The molecule has 2 unspecified atom stereocenters. The number of ketones is 1. The number of hydrogen-bond acceptors (Lipinski definition) is 5. The number of carbonyl (C=O) groups is 5. The van der Waals surface area contributed by atoms with Gasteiger partial charge < -0.3 is 21.3 Å².